The van der Waals surface area contributed by atoms with E-state index in [4.69, 9.17) is 5.11 Å². The van der Waals surface area contributed by atoms with Crippen molar-refractivity contribution < 1.29 is 9.90 Å². The van der Waals surface area contributed by atoms with E-state index in [9.17, 15) is 9.59 Å². The summed E-state index contributed by atoms with van der Waals surface area (Å²) in [7, 11) is 1.90. The molecule has 2 heterocycles. The quantitative estimate of drug-likeness (QED) is 0.854. The van der Waals surface area contributed by atoms with E-state index < -0.39 is 11.4 Å². The average molecular weight is 247 g/mol. The average Bonchev–Trinajstić information content (AvgIpc) is 2.73. The largest absolute Gasteiger partial charge is 0.477 e. The minimum Gasteiger partial charge on any atom is -0.477 e. The Bertz CT molecular complexity index is 627. The lowest BCUT2D eigenvalue weighted by atomic mass is 10.2. The molecule has 6 nitrogen and oxygen atoms in total. The van der Waals surface area contributed by atoms with E-state index in [1.54, 1.807) is 17.0 Å². The van der Waals surface area contributed by atoms with Crippen molar-refractivity contribution in [3.63, 3.8) is 0 Å². The third-order valence-corrected chi connectivity index (χ3v) is 2.72. The summed E-state index contributed by atoms with van der Waals surface area (Å²) in [5.41, 5.74) is -0.687. The number of aryl methyl sites for hydroxylation is 3. The van der Waals surface area contributed by atoms with Gasteiger partial charge < -0.3 is 14.2 Å². The summed E-state index contributed by atoms with van der Waals surface area (Å²) in [6, 6.07) is 1.27. The lowest BCUT2D eigenvalue weighted by Crippen LogP contribution is -2.17. The van der Waals surface area contributed by atoms with Gasteiger partial charge in [0.1, 0.15) is 11.4 Å². The second-order valence-electron chi connectivity index (χ2n) is 3.97. The number of rotatable bonds is 4. The molecule has 1 N–H and O–H groups in total. The Balaban J connectivity index is 2.15. The van der Waals surface area contributed by atoms with Crippen LogP contribution in [0.1, 0.15) is 16.2 Å². The maximum absolute atomic E-state index is 11.3. The van der Waals surface area contributed by atoms with Crippen LogP contribution in [0.3, 0.4) is 0 Å². The second kappa shape index (κ2) is 4.87. The molecule has 0 aliphatic rings. The number of pyridine rings is 1. The van der Waals surface area contributed by atoms with Crippen LogP contribution in [0, 0.1) is 0 Å². The number of imidazole rings is 1. The molecule has 0 saturated carbocycles. The molecule has 0 amide bonds. The van der Waals surface area contributed by atoms with Crippen molar-refractivity contribution in [1.29, 1.82) is 0 Å². The van der Waals surface area contributed by atoms with Crippen LogP contribution in [0.25, 0.3) is 0 Å². The highest BCUT2D eigenvalue weighted by atomic mass is 16.4. The molecule has 0 bridgehead atoms. The first-order valence-electron chi connectivity index (χ1n) is 5.47. The monoisotopic (exact) mass is 247 g/mol. The zero-order valence-corrected chi connectivity index (χ0v) is 9.91. The summed E-state index contributed by atoms with van der Waals surface area (Å²) in [5, 5.41) is 8.86. The Labute approximate surface area is 103 Å². The predicted octanol–water partition coefficient (Wildman–Crippen LogP) is 0.523. The first kappa shape index (κ1) is 12.1. The number of nitrogens with zero attached hydrogens (tertiary/aromatic N) is 3. The molecule has 94 valence electrons. The van der Waals surface area contributed by atoms with Crippen LogP contribution >= 0.6 is 0 Å². The molecule has 0 fully saturated rings. The van der Waals surface area contributed by atoms with Gasteiger partial charge in [-0.15, -0.1) is 0 Å². The van der Waals surface area contributed by atoms with Crippen molar-refractivity contribution in [2.75, 3.05) is 0 Å². The zero-order valence-electron chi connectivity index (χ0n) is 9.91. The van der Waals surface area contributed by atoms with Gasteiger partial charge in [0.2, 0.25) is 0 Å². The standard InChI is InChI=1S/C12H13N3O3/c1-14-7-4-13-11(14)3-6-15-5-2-10(16)9(8-15)12(17)18/h2,4-5,7-8H,3,6H2,1H3,(H,17,18). The van der Waals surface area contributed by atoms with Gasteiger partial charge in [-0.05, 0) is 0 Å². The molecule has 2 rings (SSSR count). The summed E-state index contributed by atoms with van der Waals surface area (Å²) in [6.45, 7) is 0.575. The molecule has 0 aromatic carbocycles. The first-order chi connectivity index (χ1) is 8.58. The molecule has 0 spiro atoms. The summed E-state index contributed by atoms with van der Waals surface area (Å²) in [4.78, 5) is 26.3. The highest BCUT2D eigenvalue weighted by Crippen LogP contribution is 1.99. The number of hydrogen-bond donors (Lipinski definition) is 1. The van der Waals surface area contributed by atoms with E-state index >= 15 is 0 Å². The third-order valence-electron chi connectivity index (χ3n) is 2.72. The zero-order chi connectivity index (χ0) is 13.1. The van der Waals surface area contributed by atoms with Gasteiger partial charge in [-0.2, -0.15) is 0 Å². The first-order valence-corrected chi connectivity index (χ1v) is 5.47. The number of hydrogen-bond acceptors (Lipinski definition) is 3. The van der Waals surface area contributed by atoms with Crippen LogP contribution in [0.2, 0.25) is 0 Å². The van der Waals surface area contributed by atoms with Crippen molar-refractivity contribution in [2.45, 2.75) is 13.0 Å². The number of carboxylic acids is 1. The van der Waals surface area contributed by atoms with Crippen LogP contribution in [0.4, 0.5) is 0 Å². The Hall–Kier alpha value is -2.37. The lowest BCUT2D eigenvalue weighted by Gasteiger charge is -2.07. The number of aromatic nitrogens is 3. The maximum atomic E-state index is 11.3. The second-order valence-corrected chi connectivity index (χ2v) is 3.97. The molecule has 0 unspecified atom stereocenters. The predicted molar refractivity (Wildman–Crippen MR) is 64.6 cm³/mol. The van der Waals surface area contributed by atoms with Crippen molar-refractivity contribution in [3.05, 3.63) is 52.5 Å². The normalized spacial score (nSPS) is 10.5. The van der Waals surface area contributed by atoms with Gasteiger partial charge in [0.15, 0.2) is 5.43 Å². The Morgan fingerprint density at radius 2 is 2.22 bits per heavy atom. The summed E-state index contributed by atoms with van der Waals surface area (Å²) < 4.78 is 3.58. The molecule has 0 saturated heterocycles. The minimum absolute atomic E-state index is 0.211. The molecule has 0 aliphatic heterocycles. The van der Waals surface area contributed by atoms with E-state index in [1.807, 2.05) is 17.8 Å². The third kappa shape index (κ3) is 2.48. The summed E-state index contributed by atoms with van der Waals surface area (Å²) in [5.74, 6) is -0.295. The van der Waals surface area contributed by atoms with Gasteiger partial charge in [-0.1, -0.05) is 0 Å². The summed E-state index contributed by atoms with van der Waals surface area (Å²) in [6.07, 6.45) is 7.17. The van der Waals surface area contributed by atoms with Crippen LogP contribution in [0.5, 0.6) is 0 Å². The highest BCUT2D eigenvalue weighted by Gasteiger charge is 2.08. The van der Waals surface area contributed by atoms with Crippen LogP contribution in [-0.2, 0) is 20.0 Å². The van der Waals surface area contributed by atoms with Gasteiger partial charge in [-0.3, -0.25) is 4.79 Å². The van der Waals surface area contributed by atoms with Crippen molar-refractivity contribution in [1.82, 2.24) is 14.1 Å². The van der Waals surface area contributed by atoms with Crippen LogP contribution in [0.15, 0.2) is 35.6 Å². The molecule has 2 aromatic rings. The smallest absolute Gasteiger partial charge is 0.341 e. The van der Waals surface area contributed by atoms with E-state index in [0.29, 0.717) is 13.0 Å². The Morgan fingerprint density at radius 3 is 2.83 bits per heavy atom. The number of carbonyl (C=O) groups is 1. The fourth-order valence-electron chi connectivity index (χ4n) is 1.69. The van der Waals surface area contributed by atoms with Crippen molar-refractivity contribution in [3.8, 4) is 0 Å². The molecule has 6 heteroatoms. The topological polar surface area (TPSA) is 77.1 Å². The van der Waals surface area contributed by atoms with E-state index in [0.717, 1.165) is 5.82 Å². The summed E-state index contributed by atoms with van der Waals surface area (Å²) >= 11 is 0. The molecule has 0 radical (unpaired) electrons. The molecule has 18 heavy (non-hydrogen) atoms. The van der Waals surface area contributed by atoms with E-state index in [1.165, 1.54) is 12.3 Å². The fourth-order valence-corrected chi connectivity index (χ4v) is 1.69. The van der Waals surface area contributed by atoms with Gasteiger partial charge in [0.25, 0.3) is 0 Å². The molecule has 2 aromatic heterocycles. The van der Waals surface area contributed by atoms with Crippen LogP contribution < -0.4 is 5.43 Å². The SMILES string of the molecule is Cn1ccnc1CCn1ccc(=O)c(C(=O)O)c1. The maximum Gasteiger partial charge on any atom is 0.341 e. The van der Waals surface area contributed by atoms with Crippen LogP contribution in [-0.4, -0.2) is 25.2 Å². The minimum atomic E-state index is -1.20. The van der Waals surface area contributed by atoms with Gasteiger partial charge >= 0.3 is 5.97 Å². The van der Waals surface area contributed by atoms with Crippen molar-refractivity contribution >= 4 is 5.97 Å². The van der Waals surface area contributed by atoms with Gasteiger partial charge in [0.05, 0.1) is 0 Å². The van der Waals surface area contributed by atoms with Crippen molar-refractivity contribution in [2.24, 2.45) is 7.05 Å². The molecule has 0 aliphatic carbocycles. The fraction of sp³-hybridized carbons (Fsp3) is 0.250. The molecular weight excluding hydrogens is 234 g/mol. The van der Waals surface area contributed by atoms with E-state index in [2.05, 4.69) is 4.98 Å². The Kier molecular flexibility index (Phi) is 3.27. The van der Waals surface area contributed by atoms with Gasteiger partial charge in [0, 0.05) is 50.9 Å². The highest BCUT2D eigenvalue weighted by molar-refractivity contribution is 5.86. The molecular formula is C12H13N3O3. The lowest BCUT2D eigenvalue weighted by molar-refractivity contribution is 0.0694. The number of aromatic carboxylic acids is 1. The Morgan fingerprint density at radius 1 is 1.44 bits per heavy atom. The van der Waals surface area contributed by atoms with Gasteiger partial charge in [-0.25, -0.2) is 9.78 Å². The number of carboxylic acid groups (broad SMARTS) is 1. The molecule has 0 atom stereocenters. The van der Waals surface area contributed by atoms with E-state index in [-0.39, 0.29) is 5.56 Å².